The maximum Gasteiger partial charge on any atom is 0.144 e. The Morgan fingerprint density at radius 2 is 2.10 bits per heavy atom. The third kappa shape index (κ3) is 3.91. The van der Waals surface area contributed by atoms with Crippen LogP contribution in [0, 0.1) is 12.7 Å². The molecule has 0 saturated heterocycles. The first-order chi connectivity index (χ1) is 9.69. The lowest BCUT2D eigenvalue weighted by atomic mass is 10.2. The topological polar surface area (TPSA) is 47.0 Å². The first-order valence-corrected chi connectivity index (χ1v) is 6.62. The zero-order valence-electron chi connectivity index (χ0n) is 11.7. The molecule has 0 spiro atoms. The molecular weight excluding hydrogens is 257 g/mol. The molecule has 1 N–H and O–H groups in total. The van der Waals surface area contributed by atoms with Crippen LogP contribution < -0.4 is 10.1 Å². The molecule has 2 rings (SSSR count). The van der Waals surface area contributed by atoms with Gasteiger partial charge >= 0.3 is 0 Å². The quantitative estimate of drug-likeness (QED) is 0.878. The van der Waals surface area contributed by atoms with E-state index in [9.17, 15) is 4.39 Å². The molecule has 0 atom stereocenters. The fourth-order valence-corrected chi connectivity index (χ4v) is 1.65. The Labute approximate surface area is 118 Å². The Hall–Kier alpha value is -2.17. The lowest BCUT2D eigenvalue weighted by Crippen LogP contribution is -2.05. The predicted octanol–water partition coefficient (Wildman–Crippen LogP) is 3.33. The highest BCUT2D eigenvalue weighted by Crippen LogP contribution is 2.19. The van der Waals surface area contributed by atoms with Crippen LogP contribution in [0.2, 0.25) is 0 Å². The second kappa shape index (κ2) is 6.84. The summed E-state index contributed by atoms with van der Waals surface area (Å²) >= 11 is 0. The van der Waals surface area contributed by atoms with Crippen LogP contribution in [-0.2, 0) is 6.61 Å². The zero-order chi connectivity index (χ0) is 14.4. The highest BCUT2D eigenvalue weighted by molar-refractivity contribution is 5.33. The number of anilines is 1. The molecule has 0 aliphatic carbocycles. The van der Waals surface area contributed by atoms with Crippen molar-refractivity contribution in [2.45, 2.75) is 26.9 Å². The number of rotatable bonds is 6. The number of aryl methyl sites for hydroxylation is 1. The normalized spacial score (nSPS) is 10.3. The van der Waals surface area contributed by atoms with Crippen molar-refractivity contribution in [1.29, 1.82) is 0 Å². The van der Waals surface area contributed by atoms with Crippen LogP contribution in [0.4, 0.5) is 10.2 Å². The highest BCUT2D eigenvalue weighted by Gasteiger charge is 2.03. The van der Waals surface area contributed by atoms with Gasteiger partial charge in [0.25, 0.3) is 0 Å². The van der Waals surface area contributed by atoms with Crippen LogP contribution in [0.5, 0.6) is 5.75 Å². The molecule has 1 aromatic carbocycles. The monoisotopic (exact) mass is 275 g/mol. The molecule has 0 saturated carbocycles. The molecule has 2 aromatic rings. The third-order valence-electron chi connectivity index (χ3n) is 2.79. The van der Waals surface area contributed by atoms with Gasteiger partial charge in [-0.1, -0.05) is 13.0 Å². The van der Waals surface area contributed by atoms with Gasteiger partial charge in [0.15, 0.2) is 0 Å². The molecule has 0 aliphatic rings. The molecule has 20 heavy (non-hydrogen) atoms. The largest absolute Gasteiger partial charge is 0.487 e. The van der Waals surface area contributed by atoms with Crippen molar-refractivity contribution in [3.05, 3.63) is 47.7 Å². The van der Waals surface area contributed by atoms with E-state index >= 15 is 0 Å². The predicted molar refractivity (Wildman–Crippen MR) is 76.3 cm³/mol. The van der Waals surface area contributed by atoms with E-state index in [4.69, 9.17) is 4.74 Å². The van der Waals surface area contributed by atoms with E-state index in [1.807, 2.05) is 6.92 Å². The van der Waals surface area contributed by atoms with Crippen LogP contribution in [0.3, 0.4) is 0 Å². The van der Waals surface area contributed by atoms with E-state index in [0.29, 0.717) is 11.4 Å². The van der Waals surface area contributed by atoms with Crippen molar-refractivity contribution in [2.75, 3.05) is 11.9 Å². The number of benzene rings is 1. The van der Waals surface area contributed by atoms with Gasteiger partial charge in [-0.25, -0.2) is 9.37 Å². The van der Waals surface area contributed by atoms with Gasteiger partial charge in [0.05, 0.1) is 18.1 Å². The second-order valence-corrected chi connectivity index (χ2v) is 4.52. The van der Waals surface area contributed by atoms with Gasteiger partial charge in [0, 0.05) is 12.6 Å². The average Bonchev–Trinajstić information content (AvgIpc) is 2.47. The third-order valence-corrected chi connectivity index (χ3v) is 2.79. The summed E-state index contributed by atoms with van der Waals surface area (Å²) in [5.74, 6) is 0.966. The Bertz CT molecular complexity index is 558. The average molecular weight is 275 g/mol. The van der Waals surface area contributed by atoms with Gasteiger partial charge in [-0.2, -0.15) is 0 Å². The van der Waals surface area contributed by atoms with Crippen molar-refractivity contribution in [2.24, 2.45) is 0 Å². The van der Waals surface area contributed by atoms with Crippen LogP contribution in [0.1, 0.15) is 24.6 Å². The summed E-state index contributed by atoms with van der Waals surface area (Å²) in [6, 6.07) is 4.48. The van der Waals surface area contributed by atoms with Crippen LogP contribution >= 0.6 is 0 Å². The maximum absolute atomic E-state index is 13.1. The van der Waals surface area contributed by atoms with E-state index < -0.39 is 0 Å². The Morgan fingerprint density at radius 3 is 2.80 bits per heavy atom. The zero-order valence-corrected chi connectivity index (χ0v) is 11.7. The first-order valence-electron chi connectivity index (χ1n) is 6.62. The van der Waals surface area contributed by atoms with Gasteiger partial charge in [0.1, 0.15) is 24.0 Å². The van der Waals surface area contributed by atoms with Gasteiger partial charge in [-0.3, -0.25) is 4.98 Å². The van der Waals surface area contributed by atoms with Gasteiger partial charge in [0.2, 0.25) is 0 Å². The number of nitrogens with zero attached hydrogens (tertiary/aromatic N) is 2. The number of ether oxygens (including phenoxy) is 1. The fourth-order valence-electron chi connectivity index (χ4n) is 1.65. The van der Waals surface area contributed by atoms with Crippen molar-refractivity contribution >= 4 is 5.82 Å². The molecule has 5 heteroatoms. The van der Waals surface area contributed by atoms with E-state index in [2.05, 4.69) is 22.2 Å². The van der Waals surface area contributed by atoms with E-state index in [1.165, 1.54) is 12.1 Å². The number of aromatic nitrogens is 2. The van der Waals surface area contributed by atoms with Crippen molar-refractivity contribution in [3.63, 3.8) is 0 Å². The summed E-state index contributed by atoms with van der Waals surface area (Å²) in [4.78, 5) is 8.50. The number of hydrogen-bond donors (Lipinski definition) is 1. The molecule has 106 valence electrons. The molecule has 1 heterocycles. The van der Waals surface area contributed by atoms with Crippen LogP contribution in [0.15, 0.2) is 30.6 Å². The summed E-state index contributed by atoms with van der Waals surface area (Å²) in [6.45, 7) is 5.10. The molecule has 0 fully saturated rings. The standard InChI is InChI=1S/C15H18FN3O/c1-3-6-17-15-9-18-13(8-19-15)10-20-14-7-12(16)5-4-11(14)2/h4-5,7-9H,3,6,10H2,1-2H3,(H,17,19). The summed E-state index contributed by atoms with van der Waals surface area (Å²) in [7, 11) is 0. The Morgan fingerprint density at radius 1 is 1.25 bits per heavy atom. The van der Waals surface area contributed by atoms with E-state index in [1.54, 1.807) is 18.5 Å². The maximum atomic E-state index is 13.1. The van der Waals surface area contributed by atoms with Gasteiger partial charge in [-0.15, -0.1) is 0 Å². The smallest absolute Gasteiger partial charge is 0.144 e. The lowest BCUT2D eigenvalue weighted by molar-refractivity contribution is 0.297. The SMILES string of the molecule is CCCNc1cnc(COc2cc(F)ccc2C)cn1. The van der Waals surface area contributed by atoms with Crippen LogP contribution in [0.25, 0.3) is 0 Å². The van der Waals surface area contributed by atoms with Crippen molar-refractivity contribution in [3.8, 4) is 5.75 Å². The number of halogens is 1. The Kier molecular flexibility index (Phi) is 4.87. The van der Waals surface area contributed by atoms with Crippen LogP contribution in [-0.4, -0.2) is 16.5 Å². The molecule has 0 unspecified atom stereocenters. The molecule has 0 aliphatic heterocycles. The summed E-state index contributed by atoms with van der Waals surface area (Å²) < 4.78 is 18.7. The van der Waals surface area contributed by atoms with Gasteiger partial charge < -0.3 is 10.1 Å². The molecule has 0 amide bonds. The molecular formula is C15H18FN3O. The minimum Gasteiger partial charge on any atom is -0.487 e. The molecule has 0 bridgehead atoms. The van der Waals surface area contributed by atoms with Crippen molar-refractivity contribution in [1.82, 2.24) is 9.97 Å². The fraction of sp³-hybridized carbons (Fsp3) is 0.333. The molecule has 1 aromatic heterocycles. The minimum absolute atomic E-state index is 0.269. The Balaban J connectivity index is 1.95. The summed E-state index contributed by atoms with van der Waals surface area (Å²) in [6.07, 6.45) is 4.37. The number of hydrogen-bond acceptors (Lipinski definition) is 4. The summed E-state index contributed by atoms with van der Waals surface area (Å²) in [5, 5.41) is 3.15. The minimum atomic E-state index is -0.309. The highest BCUT2D eigenvalue weighted by atomic mass is 19.1. The first kappa shape index (κ1) is 14.2. The van der Waals surface area contributed by atoms with Gasteiger partial charge in [-0.05, 0) is 25.0 Å². The molecule has 4 nitrogen and oxygen atoms in total. The van der Waals surface area contributed by atoms with E-state index in [0.717, 1.165) is 24.3 Å². The second-order valence-electron chi connectivity index (χ2n) is 4.52. The lowest BCUT2D eigenvalue weighted by Gasteiger charge is -2.09. The summed E-state index contributed by atoms with van der Waals surface area (Å²) in [5.41, 5.74) is 1.59. The van der Waals surface area contributed by atoms with E-state index in [-0.39, 0.29) is 12.4 Å². The number of nitrogens with one attached hydrogen (secondary N) is 1. The molecule has 0 radical (unpaired) electrons. The van der Waals surface area contributed by atoms with Crippen molar-refractivity contribution < 1.29 is 9.13 Å².